The molecule has 0 radical (unpaired) electrons. The smallest absolute Gasteiger partial charge is 0.337 e. The van der Waals surface area contributed by atoms with Crippen LogP contribution < -0.4 is 14.2 Å². The van der Waals surface area contributed by atoms with Crippen molar-refractivity contribution in [1.29, 1.82) is 0 Å². The van der Waals surface area contributed by atoms with Crippen molar-refractivity contribution >= 4 is 17.8 Å². The number of benzene rings is 2. The summed E-state index contributed by atoms with van der Waals surface area (Å²) in [7, 11) is 2.97. The molecule has 6 heteroatoms. The van der Waals surface area contributed by atoms with Crippen molar-refractivity contribution in [3.63, 3.8) is 0 Å². The highest BCUT2D eigenvalue weighted by Gasteiger charge is 2.30. The number of ether oxygens (including phenoxy) is 4. The lowest BCUT2D eigenvalue weighted by Gasteiger charge is -2.09. The molecule has 0 unspecified atom stereocenters. The highest BCUT2D eigenvalue weighted by Crippen LogP contribution is 2.39. The molecule has 26 heavy (non-hydrogen) atoms. The summed E-state index contributed by atoms with van der Waals surface area (Å²) in [6, 6.07) is 10.5. The van der Waals surface area contributed by atoms with Gasteiger partial charge in [0.25, 0.3) is 0 Å². The Balaban J connectivity index is 1.93. The Labute approximate surface area is 150 Å². The molecule has 0 N–H and O–H groups in total. The summed E-state index contributed by atoms with van der Waals surface area (Å²) < 4.78 is 21.1. The molecular weight excluding hydrogens is 336 g/mol. The number of ketones is 1. The lowest BCUT2D eigenvalue weighted by atomic mass is 10.1. The molecule has 0 aliphatic carbocycles. The number of Topliss-reactive ketones (excluding diaryl/α,β-unsaturated/α-hetero) is 1. The van der Waals surface area contributed by atoms with Crippen molar-refractivity contribution in [2.75, 3.05) is 20.8 Å². The lowest BCUT2D eigenvalue weighted by molar-refractivity contribution is -0.138. The molecule has 0 aromatic heterocycles. The maximum Gasteiger partial charge on any atom is 0.337 e. The molecule has 0 saturated heterocycles. The monoisotopic (exact) mass is 354 g/mol. The van der Waals surface area contributed by atoms with Gasteiger partial charge in [0, 0.05) is 18.2 Å². The van der Waals surface area contributed by atoms with Crippen molar-refractivity contribution in [2.45, 2.75) is 6.92 Å². The van der Waals surface area contributed by atoms with Crippen molar-refractivity contribution in [3.05, 3.63) is 58.8 Å². The Hall–Kier alpha value is -3.12. The molecule has 1 aliphatic heterocycles. The second-order valence-electron chi connectivity index (χ2n) is 5.65. The summed E-state index contributed by atoms with van der Waals surface area (Å²) in [4.78, 5) is 24.3. The van der Waals surface area contributed by atoms with E-state index < -0.39 is 5.97 Å². The average molecular weight is 354 g/mol. The molecule has 1 aliphatic rings. The minimum absolute atomic E-state index is 0.157. The predicted octanol–water partition coefficient (Wildman–Crippen LogP) is 3.17. The number of carbonyl (C=O) groups is 2. The van der Waals surface area contributed by atoms with E-state index in [0.717, 1.165) is 5.56 Å². The lowest BCUT2D eigenvalue weighted by Crippen LogP contribution is -2.14. The Kier molecular flexibility index (Phi) is 5.04. The first-order valence-electron chi connectivity index (χ1n) is 7.95. The molecule has 0 spiro atoms. The number of fused-ring (bicyclic) bond motifs is 1. The Morgan fingerprint density at radius 2 is 1.88 bits per heavy atom. The van der Waals surface area contributed by atoms with Gasteiger partial charge in [0.1, 0.15) is 23.9 Å². The normalized spacial score (nSPS) is 14.1. The van der Waals surface area contributed by atoms with Crippen molar-refractivity contribution in [3.8, 4) is 17.2 Å². The number of allylic oxidation sites excluding steroid dienone is 1. The van der Waals surface area contributed by atoms with Crippen molar-refractivity contribution in [1.82, 2.24) is 0 Å². The van der Waals surface area contributed by atoms with E-state index in [2.05, 4.69) is 0 Å². The van der Waals surface area contributed by atoms with E-state index in [1.165, 1.54) is 7.11 Å². The van der Waals surface area contributed by atoms with Crippen LogP contribution >= 0.6 is 0 Å². The fourth-order valence-corrected chi connectivity index (χ4v) is 2.68. The van der Waals surface area contributed by atoms with Crippen LogP contribution in [0.1, 0.15) is 21.5 Å². The minimum atomic E-state index is -0.523. The predicted molar refractivity (Wildman–Crippen MR) is 94.6 cm³/mol. The van der Waals surface area contributed by atoms with Crippen LogP contribution in [0.4, 0.5) is 0 Å². The molecule has 0 bridgehead atoms. The number of carbonyl (C=O) groups excluding carboxylic acids is 2. The number of esters is 1. The number of rotatable bonds is 5. The third-order valence-corrected chi connectivity index (χ3v) is 3.95. The number of hydrogen-bond acceptors (Lipinski definition) is 6. The summed E-state index contributed by atoms with van der Waals surface area (Å²) >= 11 is 0. The van der Waals surface area contributed by atoms with Crippen LogP contribution in [0.25, 0.3) is 6.08 Å². The third-order valence-electron chi connectivity index (χ3n) is 3.95. The van der Waals surface area contributed by atoms with Gasteiger partial charge in [0.2, 0.25) is 5.78 Å². The van der Waals surface area contributed by atoms with E-state index in [1.54, 1.807) is 38.3 Å². The number of para-hydroxylation sites is 1. The zero-order valence-electron chi connectivity index (χ0n) is 14.7. The fourth-order valence-electron chi connectivity index (χ4n) is 2.68. The molecule has 2 aromatic rings. The van der Waals surface area contributed by atoms with Gasteiger partial charge in [0.05, 0.1) is 12.7 Å². The average Bonchev–Trinajstić information content (AvgIpc) is 2.95. The Morgan fingerprint density at radius 3 is 2.62 bits per heavy atom. The maximum atomic E-state index is 12.6. The van der Waals surface area contributed by atoms with Gasteiger partial charge in [-0.2, -0.15) is 0 Å². The topological polar surface area (TPSA) is 71.1 Å². The summed E-state index contributed by atoms with van der Waals surface area (Å²) in [5.41, 5.74) is 1.73. The SMILES string of the molecule is COCC(=O)Oc1ccc2c(c1C)O/C(=C\c1ccccc1OC)C2=O. The van der Waals surface area contributed by atoms with Crippen LogP contribution in [0.5, 0.6) is 17.2 Å². The molecule has 0 amide bonds. The van der Waals surface area contributed by atoms with Crippen LogP contribution in [0.2, 0.25) is 0 Å². The highest BCUT2D eigenvalue weighted by molar-refractivity contribution is 6.15. The number of methoxy groups -OCH3 is 2. The van der Waals surface area contributed by atoms with Gasteiger partial charge in [-0.05, 0) is 31.2 Å². The molecule has 1 heterocycles. The Bertz CT molecular complexity index is 897. The molecule has 0 fully saturated rings. The molecule has 2 aromatic carbocycles. The third kappa shape index (κ3) is 3.32. The first-order chi connectivity index (χ1) is 12.5. The van der Waals surface area contributed by atoms with Gasteiger partial charge in [-0.1, -0.05) is 18.2 Å². The molecule has 3 rings (SSSR count). The summed E-state index contributed by atoms with van der Waals surface area (Å²) in [6.07, 6.45) is 1.64. The zero-order valence-corrected chi connectivity index (χ0v) is 14.7. The first kappa shape index (κ1) is 17.7. The minimum Gasteiger partial charge on any atom is -0.496 e. The standard InChI is InChI=1S/C20H18O6/c1-12-15(25-18(21)11-23-2)9-8-14-19(22)17(26-20(12)14)10-13-6-4-5-7-16(13)24-3/h4-10H,11H2,1-3H3/b17-10-. The molecule has 134 valence electrons. The van der Waals surface area contributed by atoms with Gasteiger partial charge in [-0.15, -0.1) is 0 Å². The van der Waals surface area contributed by atoms with Crippen molar-refractivity contribution < 1.29 is 28.5 Å². The quantitative estimate of drug-likeness (QED) is 0.467. The maximum absolute atomic E-state index is 12.6. The first-order valence-corrected chi connectivity index (χ1v) is 7.95. The highest BCUT2D eigenvalue weighted by atomic mass is 16.6. The van der Waals surface area contributed by atoms with E-state index in [0.29, 0.717) is 28.4 Å². The summed E-state index contributed by atoms with van der Waals surface area (Å²) in [5.74, 6) is 0.788. The van der Waals surface area contributed by atoms with E-state index in [4.69, 9.17) is 18.9 Å². The van der Waals surface area contributed by atoms with Gasteiger partial charge in [-0.25, -0.2) is 4.79 Å². The second-order valence-corrected chi connectivity index (χ2v) is 5.65. The molecule has 6 nitrogen and oxygen atoms in total. The zero-order chi connectivity index (χ0) is 18.7. The number of hydrogen-bond donors (Lipinski definition) is 0. The van der Waals surface area contributed by atoms with E-state index in [1.807, 2.05) is 18.2 Å². The largest absolute Gasteiger partial charge is 0.496 e. The molecule has 0 saturated carbocycles. The van der Waals surface area contributed by atoms with E-state index >= 15 is 0 Å². The van der Waals surface area contributed by atoms with Crippen LogP contribution in [-0.4, -0.2) is 32.6 Å². The molecular formula is C20H18O6. The van der Waals surface area contributed by atoms with Crippen LogP contribution in [0.15, 0.2) is 42.2 Å². The van der Waals surface area contributed by atoms with Crippen LogP contribution in [-0.2, 0) is 9.53 Å². The molecule has 0 atom stereocenters. The second kappa shape index (κ2) is 7.41. The van der Waals surface area contributed by atoms with Gasteiger partial charge in [-0.3, -0.25) is 4.79 Å². The summed E-state index contributed by atoms with van der Waals surface area (Å²) in [5, 5.41) is 0. The van der Waals surface area contributed by atoms with Gasteiger partial charge in [0.15, 0.2) is 5.76 Å². The van der Waals surface area contributed by atoms with Gasteiger partial charge < -0.3 is 18.9 Å². The van der Waals surface area contributed by atoms with Crippen molar-refractivity contribution in [2.24, 2.45) is 0 Å². The Morgan fingerprint density at radius 1 is 1.12 bits per heavy atom. The summed E-state index contributed by atoms with van der Waals surface area (Å²) in [6.45, 7) is 1.57. The fraction of sp³-hybridized carbons (Fsp3) is 0.200. The van der Waals surface area contributed by atoms with Crippen LogP contribution in [0, 0.1) is 6.92 Å². The van der Waals surface area contributed by atoms with E-state index in [9.17, 15) is 9.59 Å². The van der Waals surface area contributed by atoms with Gasteiger partial charge >= 0.3 is 5.97 Å². The van der Waals surface area contributed by atoms with Crippen LogP contribution in [0.3, 0.4) is 0 Å². The van der Waals surface area contributed by atoms with E-state index in [-0.39, 0.29) is 18.1 Å².